The van der Waals surface area contributed by atoms with Gasteiger partial charge in [0.2, 0.25) is 0 Å². The molecule has 22 heavy (non-hydrogen) atoms. The number of aryl methyl sites for hydroxylation is 1. The molecule has 0 saturated carbocycles. The first-order valence-electron chi connectivity index (χ1n) is 7.62. The lowest BCUT2D eigenvalue weighted by atomic mass is 9.96. The number of hydrogen-bond acceptors (Lipinski definition) is 5. The van der Waals surface area contributed by atoms with Crippen molar-refractivity contribution in [2.45, 2.75) is 55.4 Å². The summed E-state index contributed by atoms with van der Waals surface area (Å²) in [5.74, 6) is 14.0. The van der Waals surface area contributed by atoms with Crippen LogP contribution in [0.4, 0.5) is 11.4 Å². The van der Waals surface area contributed by atoms with Crippen LogP contribution in [-0.2, 0) is 0 Å². The smallest absolute Gasteiger partial charge is 0.0758 e. The molecule has 0 aliphatic carbocycles. The van der Waals surface area contributed by atoms with Crippen LogP contribution in [-0.4, -0.2) is 6.54 Å². The molecule has 5 nitrogen and oxygen atoms in total. The van der Waals surface area contributed by atoms with Gasteiger partial charge in [-0.25, -0.2) is 5.84 Å². The van der Waals surface area contributed by atoms with Crippen molar-refractivity contribution >= 4 is 27.3 Å². The van der Waals surface area contributed by atoms with Gasteiger partial charge < -0.3 is 10.7 Å². The first-order chi connectivity index (χ1) is 10.2. The van der Waals surface area contributed by atoms with Crippen molar-refractivity contribution < 1.29 is 0 Å². The number of rotatable bonds is 2. The summed E-state index contributed by atoms with van der Waals surface area (Å²) in [5, 5.41) is 1.71. The van der Waals surface area contributed by atoms with Crippen LogP contribution in [0, 0.1) is 12.3 Å². The minimum atomic E-state index is 0.137. The molecule has 1 aromatic rings. The van der Waals surface area contributed by atoms with E-state index in [0.29, 0.717) is 5.69 Å². The van der Waals surface area contributed by atoms with E-state index >= 15 is 0 Å². The van der Waals surface area contributed by atoms with E-state index in [9.17, 15) is 0 Å². The molecule has 0 fully saturated rings. The third-order valence-electron chi connectivity index (χ3n) is 2.30. The predicted molar refractivity (Wildman–Crippen MR) is 105 cm³/mol. The van der Waals surface area contributed by atoms with Gasteiger partial charge >= 0.3 is 0 Å². The maximum absolute atomic E-state index is 6.03. The maximum Gasteiger partial charge on any atom is 0.0758 e. The lowest BCUT2D eigenvalue weighted by Crippen LogP contribution is -2.38. The molecule has 132 valence electrons. The fourth-order valence-corrected chi connectivity index (χ4v) is 1.87. The van der Waals surface area contributed by atoms with E-state index in [1.165, 1.54) is 0 Å². The highest BCUT2D eigenvalue weighted by molar-refractivity contribution is 9.10. The van der Waals surface area contributed by atoms with Crippen molar-refractivity contribution in [1.82, 2.24) is 0 Å². The van der Waals surface area contributed by atoms with Crippen LogP contribution in [0.1, 0.15) is 54.0 Å². The largest absolute Gasteiger partial charge is 0.396 e. The number of benzene rings is 1. The molecular formula is C16H36BrN5. The Kier molecular flexibility index (Phi) is 16.4. The molecular weight excluding hydrogens is 342 g/mol. The van der Waals surface area contributed by atoms with Gasteiger partial charge in [-0.05, 0) is 39.9 Å². The fraction of sp³-hybridized carbons (Fsp3) is 0.625. The highest BCUT2D eigenvalue weighted by Gasteiger charge is 2.17. The maximum atomic E-state index is 6.03. The summed E-state index contributed by atoms with van der Waals surface area (Å²) in [5.41, 5.74) is 8.86. The zero-order chi connectivity index (χ0) is 18.5. The SMILES string of the molecule is CC.CC.Cc1ccc(N(N)CC(C)(C)C)c(N)c1Br.NN. The van der Waals surface area contributed by atoms with Crippen LogP contribution in [0.2, 0.25) is 0 Å². The predicted octanol–water partition coefficient (Wildman–Crippen LogP) is 3.94. The second kappa shape index (κ2) is 13.8. The zero-order valence-electron chi connectivity index (χ0n) is 15.5. The summed E-state index contributed by atoms with van der Waals surface area (Å²) in [6, 6.07) is 3.97. The van der Waals surface area contributed by atoms with Gasteiger partial charge in [0.25, 0.3) is 0 Å². The van der Waals surface area contributed by atoms with E-state index in [-0.39, 0.29) is 5.41 Å². The van der Waals surface area contributed by atoms with Crippen molar-refractivity contribution in [3.63, 3.8) is 0 Å². The van der Waals surface area contributed by atoms with Crippen LogP contribution in [0.15, 0.2) is 16.6 Å². The normalized spacial score (nSPS) is 9.27. The van der Waals surface area contributed by atoms with Gasteiger partial charge in [0, 0.05) is 11.0 Å². The number of nitrogen functional groups attached to an aromatic ring is 1. The Morgan fingerprint density at radius 2 is 1.45 bits per heavy atom. The van der Waals surface area contributed by atoms with Crippen molar-refractivity contribution in [2.75, 3.05) is 17.3 Å². The first-order valence-corrected chi connectivity index (χ1v) is 8.42. The second-order valence-electron chi connectivity index (χ2n) is 5.32. The summed E-state index contributed by atoms with van der Waals surface area (Å²) in [6.07, 6.45) is 0. The third kappa shape index (κ3) is 10.00. The Balaban J connectivity index is -0.000000535. The summed E-state index contributed by atoms with van der Waals surface area (Å²) in [6.45, 7) is 17.2. The van der Waals surface area contributed by atoms with E-state index in [1.807, 2.05) is 46.8 Å². The lowest BCUT2D eigenvalue weighted by molar-refractivity contribution is 0.412. The number of hydrazine groups is 2. The van der Waals surface area contributed by atoms with Crippen molar-refractivity contribution in [1.29, 1.82) is 0 Å². The minimum Gasteiger partial charge on any atom is -0.396 e. The fourth-order valence-electron chi connectivity index (χ4n) is 1.54. The van der Waals surface area contributed by atoms with Crippen molar-refractivity contribution in [3.8, 4) is 0 Å². The Hall–Kier alpha value is -0.820. The van der Waals surface area contributed by atoms with Crippen LogP contribution in [0.3, 0.4) is 0 Å². The van der Waals surface area contributed by atoms with Crippen LogP contribution >= 0.6 is 15.9 Å². The molecule has 0 amide bonds. The van der Waals surface area contributed by atoms with Crippen LogP contribution < -0.4 is 28.3 Å². The van der Waals surface area contributed by atoms with Gasteiger partial charge in [0.05, 0.1) is 11.4 Å². The zero-order valence-corrected chi connectivity index (χ0v) is 17.1. The third-order valence-corrected chi connectivity index (χ3v) is 3.36. The highest BCUT2D eigenvalue weighted by atomic mass is 79.9. The number of nitrogens with zero attached hydrogens (tertiary/aromatic N) is 1. The molecule has 0 aliphatic heterocycles. The quantitative estimate of drug-likeness (QED) is 0.354. The summed E-state index contributed by atoms with van der Waals surface area (Å²) in [7, 11) is 0. The van der Waals surface area contributed by atoms with Gasteiger partial charge in [-0.15, -0.1) is 0 Å². The topological polar surface area (TPSA) is 107 Å². The number of nitrogens with two attached hydrogens (primary N) is 4. The van der Waals surface area contributed by atoms with E-state index in [4.69, 9.17) is 11.6 Å². The lowest BCUT2D eigenvalue weighted by Gasteiger charge is -2.28. The Bertz CT molecular complexity index is 389. The van der Waals surface area contributed by atoms with Crippen LogP contribution in [0.5, 0.6) is 0 Å². The Morgan fingerprint density at radius 3 is 1.82 bits per heavy atom. The van der Waals surface area contributed by atoms with E-state index < -0.39 is 0 Å². The van der Waals surface area contributed by atoms with Crippen molar-refractivity contribution in [3.05, 3.63) is 22.2 Å². The van der Waals surface area contributed by atoms with Gasteiger partial charge in [0.15, 0.2) is 0 Å². The van der Waals surface area contributed by atoms with E-state index in [2.05, 4.69) is 48.4 Å². The summed E-state index contributed by atoms with van der Waals surface area (Å²) >= 11 is 3.47. The van der Waals surface area contributed by atoms with Gasteiger partial charge in [-0.2, -0.15) is 0 Å². The summed E-state index contributed by atoms with van der Waals surface area (Å²) in [4.78, 5) is 0. The highest BCUT2D eigenvalue weighted by Crippen LogP contribution is 2.33. The Morgan fingerprint density at radius 1 is 1.05 bits per heavy atom. The molecule has 0 spiro atoms. The molecule has 0 unspecified atom stereocenters. The van der Waals surface area contributed by atoms with Crippen molar-refractivity contribution in [2.24, 2.45) is 22.9 Å². The second-order valence-corrected chi connectivity index (χ2v) is 6.11. The molecule has 1 aromatic carbocycles. The molecule has 0 radical (unpaired) electrons. The summed E-state index contributed by atoms with van der Waals surface area (Å²) < 4.78 is 0.925. The van der Waals surface area contributed by atoms with Gasteiger partial charge in [-0.3, -0.25) is 11.7 Å². The number of hydrogen-bond donors (Lipinski definition) is 4. The van der Waals surface area contributed by atoms with Gasteiger partial charge in [0.1, 0.15) is 0 Å². The van der Waals surface area contributed by atoms with E-state index in [1.54, 1.807) is 5.01 Å². The first kappa shape index (κ1) is 26.1. The number of halogens is 1. The molecule has 0 atom stereocenters. The molecule has 6 heteroatoms. The average Bonchev–Trinajstić information content (AvgIpc) is 2.49. The van der Waals surface area contributed by atoms with E-state index in [0.717, 1.165) is 22.3 Å². The molecule has 0 aliphatic rings. The monoisotopic (exact) mass is 377 g/mol. The Labute approximate surface area is 145 Å². The molecule has 8 N–H and O–H groups in total. The molecule has 0 heterocycles. The number of anilines is 2. The molecule has 0 aromatic heterocycles. The average molecular weight is 378 g/mol. The molecule has 1 rings (SSSR count). The molecule has 0 bridgehead atoms. The minimum absolute atomic E-state index is 0.137. The van der Waals surface area contributed by atoms with Crippen LogP contribution in [0.25, 0.3) is 0 Å². The standard InChI is InChI=1S/C12H20BrN3.2C2H6.H4N2/c1-8-5-6-9(11(14)10(8)13)16(15)7-12(2,3)4;3*1-2/h5-6H,7,14-15H2,1-4H3;2*1-2H3;1-2H2. The molecule has 0 saturated heterocycles. The van der Waals surface area contributed by atoms with Gasteiger partial charge in [-0.1, -0.05) is 54.5 Å².